The number of rotatable bonds is 4. The monoisotopic (exact) mass is 429 g/mol. The minimum Gasteiger partial charge on any atom is -0.406 e. The SMILES string of the molecule is Fc1cccc(F)c1-c1cnc(-c2ccc(-c3ccc(OC(F)(F)F)cc3)cc2)nn1. The largest absolute Gasteiger partial charge is 0.573 e. The lowest BCUT2D eigenvalue weighted by molar-refractivity contribution is -0.274. The highest BCUT2D eigenvalue weighted by atomic mass is 19.4. The molecule has 4 rings (SSSR count). The Morgan fingerprint density at radius 1 is 0.677 bits per heavy atom. The van der Waals surface area contributed by atoms with Crippen molar-refractivity contribution in [3.63, 3.8) is 0 Å². The summed E-state index contributed by atoms with van der Waals surface area (Å²) in [6, 6.07) is 15.8. The molecular weight excluding hydrogens is 417 g/mol. The molecule has 3 aromatic carbocycles. The van der Waals surface area contributed by atoms with Crippen LogP contribution >= 0.6 is 0 Å². The Kier molecular flexibility index (Phi) is 5.33. The Balaban J connectivity index is 1.53. The van der Waals surface area contributed by atoms with Crippen LogP contribution < -0.4 is 4.74 Å². The fourth-order valence-corrected chi connectivity index (χ4v) is 2.93. The number of benzene rings is 3. The lowest BCUT2D eigenvalue weighted by Gasteiger charge is -2.09. The van der Waals surface area contributed by atoms with Gasteiger partial charge >= 0.3 is 6.36 Å². The maximum Gasteiger partial charge on any atom is 0.573 e. The van der Waals surface area contributed by atoms with Crippen LogP contribution in [0.1, 0.15) is 0 Å². The third-order valence-electron chi connectivity index (χ3n) is 4.34. The Morgan fingerprint density at radius 3 is 1.74 bits per heavy atom. The van der Waals surface area contributed by atoms with Crippen LogP contribution in [-0.2, 0) is 0 Å². The van der Waals surface area contributed by atoms with Crippen LogP contribution in [0.25, 0.3) is 33.8 Å². The number of hydrogen-bond donors (Lipinski definition) is 0. The third kappa shape index (κ3) is 4.66. The molecule has 0 saturated heterocycles. The summed E-state index contributed by atoms with van der Waals surface area (Å²) in [5.41, 5.74) is 1.71. The molecule has 0 saturated carbocycles. The lowest BCUT2D eigenvalue weighted by Crippen LogP contribution is -2.16. The van der Waals surface area contributed by atoms with Crippen molar-refractivity contribution in [3.05, 3.63) is 84.6 Å². The van der Waals surface area contributed by atoms with Crippen molar-refractivity contribution in [2.75, 3.05) is 0 Å². The van der Waals surface area contributed by atoms with Gasteiger partial charge in [0.15, 0.2) is 5.82 Å². The van der Waals surface area contributed by atoms with Crippen molar-refractivity contribution in [1.82, 2.24) is 15.2 Å². The summed E-state index contributed by atoms with van der Waals surface area (Å²) in [5.74, 6) is -1.58. The highest BCUT2D eigenvalue weighted by Crippen LogP contribution is 2.28. The second-order valence-electron chi connectivity index (χ2n) is 6.41. The van der Waals surface area contributed by atoms with Crippen LogP contribution in [0.2, 0.25) is 0 Å². The summed E-state index contributed by atoms with van der Waals surface area (Å²) in [6.07, 6.45) is -3.51. The van der Waals surface area contributed by atoms with E-state index in [0.717, 1.165) is 17.7 Å². The van der Waals surface area contributed by atoms with E-state index in [1.165, 1.54) is 36.5 Å². The van der Waals surface area contributed by atoms with Gasteiger partial charge in [0.05, 0.1) is 11.8 Å². The molecule has 9 heteroatoms. The standard InChI is InChI=1S/C22H12F5N3O/c23-17-2-1-3-18(24)20(17)19-12-28-21(30-29-19)15-6-4-13(5-7-15)14-8-10-16(11-9-14)31-22(25,26)27/h1-12H. The summed E-state index contributed by atoms with van der Waals surface area (Å²) in [6.45, 7) is 0. The van der Waals surface area contributed by atoms with Gasteiger partial charge in [0.2, 0.25) is 0 Å². The first kappa shape index (κ1) is 20.4. The van der Waals surface area contributed by atoms with Gasteiger partial charge in [-0.25, -0.2) is 13.8 Å². The van der Waals surface area contributed by atoms with Crippen molar-refractivity contribution in [1.29, 1.82) is 0 Å². The summed E-state index contributed by atoms with van der Waals surface area (Å²) in [5, 5.41) is 7.81. The quantitative estimate of drug-likeness (QED) is 0.371. The Morgan fingerprint density at radius 2 is 1.23 bits per heavy atom. The first-order chi connectivity index (χ1) is 14.8. The molecule has 0 fully saturated rings. The van der Waals surface area contributed by atoms with Gasteiger partial charge in [0.1, 0.15) is 23.1 Å². The molecule has 31 heavy (non-hydrogen) atoms. The number of nitrogens with zero attached hydrogens (tertiary/aromatic N) is 3. The molecule has 0 radical (unpaired) electrons. The zero-order valence-corrected chi connectivity index (χ0v) is 15.6. The van der Waals surface area contributed by atoms with Gasteiger partial charge in [-0.15, -0.1) is 23.4 Å². The maximum atomic E-state index is 13.9. The highest BCUT2D eigenvalue weighted by molar-refractivity contribution is 5.68. The molecule has 0 atom stereocenters. The number of aromatic nitrogens is 3. The molecule has 156 valence electrons. The Hall–Kier alpha value is -3.88. The fourth-order valence-electron chi connectivity index (χ4n) is 2.93. The second-order valence-corrected chi connectivity index (χ2v) is 6.41. The minimum absolute atomic E-state index is 0.0304. The second kappa shape index (κ2) is 8.10. The van der Waals surface area contributed by atoms with E-state index < -0.39 is 18.0 Å². The summed E-state index contributed by atoms with van der Waals surface area (Å²) in [7, 11) is 0. The van der Waals surface area contributed by atoms with Crippen LogP contribution in [0.3, 0.4) is 0 Å². The smallest absolute Gasteiger partial charge is 0.406 e. The Bertz CT molecular complexity index is 1170. The van der Waals surface area contributed by atoms with Gasteiger partial charge in [-0.05, 0) is 35.4 Å². The van der Waals surface area contributed by atoms with Gasteiger partial charge < -0.3 is 4.74 Å². The van der Waals surface area contributed by atoms with E-state index in [9.17, 15) is 22.0 Å². The van der Waals surface area contributed by atoms with Crippen molar-refractivity contribution < 1.29 is 26.7 Å². The summed E-state index contributed by atoms with van der Waals surface area (Å²) < 4.78 is 68.4. The molecule has 4 aromatic rings. The van der Waals surface area contributed by atoms with Gasteiger partial charge in [0, 0.05) is 5.56 Å². The zero-order valence-electron chi connectivity index (χ0n) is 15.6. The van der Waals surface area contributed by atoms with Crippen LogP contribution in [0.5, 0.6) is 5.75 Å². The average molecular weight is 429 g/mol. The predicted molar refractivity (Wildman–Crippen MR) is 103 cm³/mol. The number of alkyl halides is 3. The molecule has 1 heterocycles. The first-order valence-corrected chi connectivity index (χ1v) is 8.91. The first-order valence-electron chi connectivity index (χ1n) is 8.91. The van der Waals surface area contributed by atoms with E-state index in [2.05, 4.69) is 19.9 Å². The normalized spacial score (nSPS) is 11.4. The molecule has 0 N–H and O–H groups in total. The van der Waals surface area contributed by atoms with Gasteiger partial charge in [0.25, 0.3) is 0 Å². The van der Waals surface area contributed by atoms with E-state index in [0.29, 0.717) is 11.1 Å². The highest BCUT2D eigenvalue weighted by Gasteiger charge is 2.30. The van der Waals surface area contributed by atoms with Crippen LogP contribution in [0.4, 0.5) is 22.0 Å². The van der Waals surface area contributed by atoms with Crippen molar-refractivity contribution >= 4 is 0 Å². The van der Waals surface area contributed by atoms with Gasteiger partial charge in [-0.1, -0.05) is 42.5 Å². The molecule has 0 aliphatic heterocycles. The Labute approximate surface area is 173 Å². The van der Waals surface area contributed by atoms with Gasteiger partial charge in [-0.2, -0.15) is 0 Å². The number of ether oxygens (including phenoxy) is 1. The van der Waals surface area contributed by atoms with E-state index in [4.69, 9.17) is 0 Å². The fraction of sp³-hybridized carbons (Fsp3) is 0.0455. The molecule has 0 bridgehead atoms. The molecule has 0 amide bonds. The average Bonchev–Trinajstić information content (AvgIpc) is 2.74. The zero-order chi connectivity index (χ0) is 22.0. The number of hydrogen-bond acceptors (Lipinski definition) is 4. The summed E-state index contributed by atoms with van der Waals surface area (Å²) >= 11 is 0. The lowest BCUT2D eigenvalue weighted by atomic mass is 10.0. The molecule has 4 nitrogen and oxygen atoms in total. The molecular formula is C22H12F5N3O. The molecule has 1 aromatic heterocycles. The topological polar surface area (TPSA) is 47.9 Å². The van der Waals surface area contributed by atoms with Crippen LogP contribution in [0.15, 0.2) is 72.9 Å². The van der Waals surface area contributed by atoms with E-state index in [1.54, 1.807) is 24.3 Å². The van der Waals surface area contributed by atoms with Gasteiger partial charge in [-0.3, -0.25) is 0 Å². The van der Waals surface area contributed by atoms with Crippen molar-refractivity contribution in [3.8, 4) is 39.5 Å². The van der Waals surface area contributed by atoms with Crippen molar-refractivity contribution in [2.45, 2.75) is 6.36 Å². The molecule has 0 aliphatic rings. The van der Waals surface area contributed by atoms with Crippen molar-refractivity contribution in [2.24, 2.45) is 0 Å². The minimum atomic E-state index is -4.75. The third-order valence-corrected chi connectivity index (χ3v) is 4.34. The predicted octanol–water partition coefficient (Wildman–Crippen LogP) is 6.05. The summed E-state index contributed by atoms with van der Waals surface area (Å²) in [4.78, 5) is 4.13. The molecule has 0 spiro atoms. The number of halogens is 5. The van der Waals surface area contributed by atoms with Crippen LogP contribution in [0, 0.1) is 11.6 Å². The van der Waals surface area contributed by atoms with Crippen LogP contribution in [-0.4, -0.2) is 21.5 Å². The van der Waals surface area contributed by atoms with E-state index >= 15 is 0 Å². The maximum absolute atomic E-state index is 13.9. The molecule has 0 aliphatic carbocycles. The van der Waals surface area contributed by atoms with E-state index in [1.807, 2.05) is 0 Å². The molecule has 0 unspecified atom stereocenters. The van der Waals surface area contributed by atoms with E-state index in [-0.39, 0.29) is 22.8 Å².